The Bertz CT molecular complexity index is 654. The van der Waals surface area contributed by atoms with E-state index in [0.29, 0.717) is 0 Å². The molecule has 1 rings (SSSR count). The van der Waals surface area contributed by atoms with Gasteiger partial charge in [-0.3, -0.25) is 0 Å². The molecule has 0 fully saturated rings. The molecule has 5 nitrogen and oxygen atoms in total. The maximum atomic E-state index is 10.2. The van der Waals surface area contributed by atoms with E-state index < -0.39 is 5.75 Å². The number of hydrogen-bond donors (Lipinski definition) is 1. The lowest BCUT2D eigenvalue weighted by atomic mass is 10.0. The number of phenolic OH excluding ortho intramolecular Hbond substituents is 1. The average Bonchev–Trinajstić information content (AvgIpc) is 2.37. The van der Waals surface area contributed by atoms with E-state index >= 15 is 0 Å². The van der Waals surface area contributed by atoms with E-state index in [9.17, 15) is 9.90 Å². The molecule has 1 aromatic carbocycles. The molecule has 0 atom stereocenters. The van der Waals surface area contributed by atoms with Gasteiger partial charge in [-0.1, -0.05) is 18.7 Å². The number of nitriles is 2. The molecule has 0 amide bonds. The zero-order chi connectivity index (χ0) is 13.5. The number of hydrogen-bond acceptors (Lipinski definition) is 5. The SMILES string of the molecule is C=CC=Cc1c(C#N)cc(N=C=O)c(C#N)c1O. The molecule has 0 bridgehead atoms. The quantitative estimate of drug-likeness (QED) is 0.495. The van der Waals surface area contributed by atoms with E-state index in [-0.39, 0.29) is 22.4 Å². The summed E-state index contributed by atoms with van der Waals surface area (Å²) in [6.07, 6.45) is 5.69. The normalized spacial score (nSPS) is 9.22. The lowest BCUT2D eigenvalue weighted by Gasteiger charge is -2.06. The second kappa shape index (κ2) is 5.81. The minimum atomic E-state index is -0.399. The Kier molecular flexibility index (Phi) is 4.17. The Morgan fingerprint density at radius 3 is 2.61 bits per heavy atom. The highest BCUT2D eigenvalue weighted by atomic mass is 16.3. The number of phenols is 1. The Balaban J connectivity index is 3.70. The molecular weight excluding hydrogens is 230 g/mol. The summed E-state index contributed by atoms with van der Waals surface area (Å²) in [6.45, 7) is 3.46. The van der Waals surface area contributed by atoms with Crippen molar-refractivity contribution in [3.8, 4) is 17.9 Å². The fraction of sp³-hybridized carbons (Fsp3) is 0. The van der Waals surface area contributed by atoms with Gasteiger partial charge in [0.05, 0.1) is 17.3 Å². The van der Waals surface area contributed by atoms with Crippen LogP contribution < -0.4 is 0 Å². The Labute approximate surface area is 103 Å². The number of benzene rings is 1. The van der Waals surface area contributed by atoms with E-state index in [1.54, 1.807) is 6.07 Å². The number of carbonyl (C=O) groups excluding carboxylic acids is 1. The zero-order valence-corrected chi connectivity index (χ0v) is 9.21. The summed E-state index contributed by atoms with van der Waals surface area (Å²) in [5.74, 6) is -0.399. The molecule has 0 aliphatic carbocycles. The first-order chi connectivity index (χ1) is 8.69. The molecule has 0 aliphatic heterocycles. The van der Waals surface area contributed by atoms with Gasteiger partial charge < -0.3 is 5.11 Å². The fourth-order valence-electron chi connectivity index (χ4n) is 1.34. The third kappa shape index (κ3) is 2.33. The summed E-state index contributed by atoms with van der Waals surface area (Å²) >= 11 is 0. The average molecular weight is 237 g/mol. The Morgan fingerprint density at radius 1 is 1.39 bits per heavy atom. The van der Waals surface area contributed by atoms with Crippen LogP contribution in [0.3, 0.4) is 0 Å². The van der Waals surface area contributed by atoms with Crippen LogP contribution in [0.2, 0.25) is 0 Å². The van der Waals surface area contributed by atoms with Crippen LogP contribution in [-0.2, 0) is 4.79 Å². The largest absolute Gasteiger partial charge is 0.506 e. The summed E-state index contributed by atoms with van der Waals surface area (Å²) in [5.41, 5.74) is 0.00997. The van der Waals surface area contributed by atoms with Crippen LogP contribution in [-0.4, -0.2) is 11.2 Å². The maximum absolute atomic E-state index is 10.2. The number of nitrogens with zero attached hydrogens (tertiary/aromatic N) is 3. The van der Waals surface area contributed by atoms with Crippen molar-refractivity contribution in [1.82, 2.24) is 0 Å². The van der Waals surface area contributed by atoms with Crippen LogP contribution in [0.1, 0.15) is 16.7 Å². The predicted octanol–water partition coefficient (Wildman–Crippen LogP) is 2.30. The monoisotopic (exact) mass is 237 g/mol. The van der Waals surface area contributed by atoms with Crippen molar-refractivity contribution in [2.45, 2.75) is 0 Å². The van der Waals surface area contributed by atoms with Gasteiger partial charge in [0.15, 0.2) is 0 Å². The van der Waals surface area contributed by atoms with Crippen molar-refractivity contribution in [3.05, 3.63) is 41.5 Å². The molecule has 0 saturated carbocycles. The van der Waals surface area contributed by atoms with Crippen LogP contribution >= 0.6 is 0 Å². The molecule has 0 unspecified atom stereocenters. The first-order valence-electron chi connectivity index (χ1n) is 4.76. The summed E-state index contributed by atoms with van der Waals surface area (Å²) in [7, 11) is 0. The van der Waals surface area contributed by atoms with Crippen molar-refractivity contribution in [2.24, 2.45) is 4.99 Å². The van der Waals surface area contributed by atoms with Crippen LogP contribution in [0.5, 0.6) is 5.75 Å². The smallest absolute Gasteiger partial charge is 0.240 e. The minimum Gasteiger partial charge on any atom is -0.506 e. The van der Waals surface area contributed by atoms with E-state index in [1.807, 2.05) is 6.07 Å². The van der Waals surface area contributed by atoms with Gasteiger partial charge in [0, 0.05) is 5.56 Å². The summed E-state index contributed by atoms with van der Waals surface area (Å²) in [5, 5.41) is 27.8. The van der Waals surface area contributed by atoms with E-state index in [4.69, 9.17) is 10.5 Å². The van der Waals surface area contributed by atoms with E-state index in [2.05, 4.69) is 11.6 Å². The van der Waals surface area contributed by atoms with Crippen LogP contribution in [0.15, 0.2) is 29.8 Å². The first-order valence-corrected chi connectivity index (χ1v) is 4.76. The van der Waals surface area contributed by atoms with Gasteiger partial charge in [0.2, 0.25) is 6.08 Å². The molecular formula is C13H7N3O2. The molecule has 0 heterocycles. The van der Waals surface area contributed by atoms with Gasteiger partial charge in [-0.15, -0.1) is 0 Å². The van der Waals surface area contributed by atoms with E-state index in [0.717, 1.165) is 0 Å². The van der Waals surface area contributed by atoms with Crippen molar-refractivity contribution >= 4 is 17.8 Å². The van der Waals surface area contributed by atoms with Gasteiger partial charge in [-0.2, -0.15) is 15.5 Å². The van der Waals surface area contributed by atoms with Crippen molar-refractivity contribution < 1.29 is 9.90 Å². The number of rotatable bonds is 3. The molecule has 86 valence electrons. The van der Waals surface area contributed by atoms with Crippen LogP contribution in [0.25, 0.3) is 6.08 Å². The molecule has 5 heteroatoms. The molecule has 1 N–H and O–H groups in total. The molecule has 18 heavy (non-hydrogen) atoms. The summed E-state index contributed by atoms with van der Waals surface area (Å²) < 4.78 is 0. The lowest BCUT2D eigenvalue weighted by Crippen LogP contribution is -1.89. The maximum Gasteiger partial charge on any atom is 0.240 e. The van der Waals surface area contributed by atoms with E-state index in [1.165, 1.54) is 30.4 Å². The molecule has 0 radical (unpaired) electrons. The van der Waals surface area contributed by atoms with Crippen LogP contribution in [0, 0.1) is 22.7 Å². The second-order valence-electron chi connectivity index (χ2n) is 3.10. The van der Waals surface area contributed by atoms with Gasteiger partial charge in [-0.05, 0) is 12.1 Å². The third-order valence-electron chi connectivity index (χ3n) is 2.12. The zero-order valence-electron chi connectivity index (χ0n) is 9.21. The van der Waals surface area contributed by atoms with Crippen LogP contribution in [0.4, 0.5) is 5.69 Å². The molecule has 0 saturated heterocycles. The number of aliphatic imine (C=N–C) groups is 1. The molecule has 0 spiro atoms. The van der Waals surface area contributed by atoms with Crippen molar-refractivity contribution in [1.29, 1.82) is 10.5 Å². The summed E-state index contributed by atoms with van der Waals surface area (Å²) in [4.78, 5) is 13.5. The predicted molar refractivity (Wildman–Crippen MR) is 64.5 cm³/mol. The Hall–Kier alpha value is -3.14. The van der Waals surface area contributed by atoms with Gasteiger partial charge >= 0.3 is 0 Å². The summed E-state index contributed by atoms with van der Waals surface area (Å²) in [6, 6.07) is 4.82. The lowest BCUT2D eigenvalue weighted by molar-refractivity contribution is 0.472. The topological polar surface area (TPSA) is 97.2 Å². The highest BCUT2D eigenvalue weighted by Crippen LogP contribution is 2.34. The number of isocyanates is 1. The Morgan fingerprint density at radius 2 is 2.11 bits per heavy atom. The molecule has 0 aliphatic rings. The third-order valence-corrected chi connectivity index (χ3v) is 2.12. The number of allylic oxidation sites excluding steroid dienone is 2. The van der Waals surface area contributed by atoms with Crippen molar-refractivity contribution in [3.63, 3.8) is 0 Å². The molecule has 0 aromatic heterocycles. The van der Waals surface area contributed by atoms with Gasteiger partial charge in [-0.25, -0.2) is 4.79 Å². The minimum absolute atomic E-state index is 0.0858. The number of aromatic hydroxyl groups is 1. The fourth-order valence-corrected chi connectivity index (χ4v) is 1.34. The standard InChI is InChI=1S/C13H7N3O2/c1-2-3-4-10-9(6-14)5-12(16-8-17)11(7-15)13(10)18/h2-5,18H,1H2. The highest BCUT2D eigenvalue weighted by Gasteiger charge is 2.15. The van der Waals surface area contributed by atoms with Gasteiger partial charge in [0.1, 0.15) is 17.4 Å². The highest BCUT2D eigenvalue weighted by molar-refractivity contribution is 5.76. The van der Waals surface area contributed by atoms with Gasteiger partial charge in [0.25, 0.3) is 0 Å². The molecule has 1 aromatic rings. The second-order valence-corrected chi connectivity index (χ2v) is 3.10. The first kappa shape index (κ1) is 12.9. The van der Waals surface area contributed by atoms with Crippen molar-refractivity contribution in [2.75, 3.05) is 0 Å².